The fourth-order valence-electron chi connectivity index (χ4n) is 1.72. The van der Waals surface area contributed by atoms with Gasteiger partial charge in [0, 0.05) is 33.9 Å². The zero-order valence-electron chi connectivity index (χ0n) is 9.68. The molecule has 0 unspecified atom stereocenters. The van der Waals surface area contributed by atoms with Crippen molar-refractivity contribution in [2.24, 2.45) is 0 Å². The molecule has 0 bridgehead atoms. The van der Waals surface area contributed by atoms with E-state index in [0.717, 1.165) is 21.8 Å². The van der Waals surface area contributed by atoms with Crippen molar-refractivity contribution in [3.05, 3.63) is 58.2 Å². The summed E-state index contributed by atoms with van der Waals surface area (Å²) in [6.45, 7) is 0. The topological polar surface area (TPSA) is 25.8 Å². The monoisotopic (exact) mass is 306 g/mol. The number of thiazole rings is 1. The Hall–Kier alpha value is -1.42. The van der Waals surface area contributed by atoms with E-state index >= 15 is 0 Å². The van der Waals surface area contributed by atoms with Crippen LogP contribution in [0.2, 0.25) is 10.0 Å². The molecule has 2 nitrogen and oxygen atoms in total. The molecule has 0 atom stereocenters. The van der Waals surface area contributed by atoms with Crippen LogP contribution in [0.25, 0.3) is 21.8 Å². The van der Waals surface area contributed by atoms with Crippen LogP contribution in [-0.4, -0.2) is 9.97 Å². The highest BCUT2D eigenvalue weighted by atomic mass is 35.5. The second-order valence-corrected chi connectivity index (χ2v) is 5.61. The lowest BCUT2D eigenvalue weighted by Crippen LogP contribution is -1.81. The third-order valence-electron chi connectivity index (χ3n) is 2.62. The first kappa shape index (κ1) is 12.6. The van der Waals surface area contributed by atoms with Crippen molar-refractivity contribution in [1.29, 1.82) is 0 Å². The summed E-state index contributed by atoms with van der Waals surface area (Å²) in [5, 5.41) is 4.14. The Labute approximate surface area is 124 Å². The molecule has 94 valence electrons. The maximum Gasteiger partial charge on any atom is 0.125 e. The second-order valence-electron chi connectivity index (χ2n) is 3.90. The molecular weight excluding hydrogens is 299 g/mol. The first-order chi connectivity index (χ1) is 9.24. The summed E-state index contributed by atoms with van der Waals surface area (Å²) in [5.74, 6) is 0. The quantitative estimate of drug-likeness (QED) is 0.652. The van der Waals surface area contributed by atoms with Gasteiger partial charge in [-0.25, -0.2) is 4.98 Å². The highest BCUT2D eigenvalue weighted by molar-refractivity contribution is 7.13. The van der Waals surface area contributed by atoms with Crippen LogP contribution in [0.15, 0.2) is 48.1 Å². The molecule has 0 radical (unpaired) electrons. The molecular formula is C14H8Cl2N2S. The van der Waals surface area contributed by atoms with Gasteiger partial charge in [0.05, 0.1) is 10.7 Å². The van der Waals surface area contributed by atoms with Crippen LogP contribution >= 0.6 is 34.5 Å². The van der Waals surface area contributed by atoms with Gasteiger partial charge in [-0.3, -0.25) is 4.98 Å². The molecule has 0 N–H and O–H groups in total. The summed E-state index contributed by atoms with van der Waals surface area (Å²) in [4.78, 5) is 8.69. The summed E-state index contributed by atoms with van der Waals surface area (Å²) in [7, 11) is 0. The molecule has 3 rings (SSSR count). The van der Waals surface area contributed by atoms with Crippen molar-refractivity contribution in [3.8, 4) is 21.8 Å². The number of hydrogen-bond donors (Lipinski definition) is 0. The van der Waals surface area contributed by atoms with E-state index in [1.807, 2.05) is 29.6 Å². The number of aromatic nitrogens is 2. The summed E-state index contributed by atoms with van der Waals surface area (Å²) >= 11 is 13.6. The number of hydrogen-bond acceptors (Lipinski definition) is 3. The van der Waals surface area contributed by atoms with Crippen LogP contribution < -0.4 is 0 Å². The van der Waals surface area contributed by atoms with Gasteiger partial charge in [-0.1, -0.05) is 23.2 Å². The predicted molar refractivity (Wildman–Crippen MR) is 80.8 cm³/mol. The SMILES string of the molecule is Clc1ccc(-c2csc(-c3cccnc3)n2)c(Cl)c1. The van der Waals surface area contributed by atoms with Gasteiger partial charge in [0.2, 0.25) is 0 Å². The molecule has 1 aromatic carbocycles. The van der Waals surface area contributed by atoms with Crippen molar-refractivity contribution >= 4 is 34.5 Å². The van der Waals surface area contributed by atoms with E-state index in [-0.39, 0.29) is 0 Å². The van der Waals surface area contributed by atoms with Gasteiger partial charge in [0.15, 0.2) is 0 Å². The van der Waals surface area contributed by atoms with Gasteiger partial charge in [-0.05, 0) is 30.3 Å². The normalized spacial score (nSPS) is 10.6. The lowest BCUT2D eigenvalue weighted by Gasteiger charge is -2.00. The van der Waals surface area contributed by atoms with Crippen LogP contribution in [0.4, 0.5) is 0 Å². The Morgan fingerprint density at radius 1 is 1.11 bits per heavy atom. The Bertz CT molecular complexity index is 710. The molecule has 0 aliphatic carbocycles. The summed E-state index contributed by atoms with van der Waals surface area (Å²) in [6.07, 6.45) is 3.54. The zero-order valence-corrected chi connectivity index (χ0v) is 12.0. The van der Waals surface area contributed by atoms with Gasteiger partial charge < -0.3 is 0 Å². The molecule has 2 aromatic heterocycles. The fourth-order valence-corrected chi connectivity index (χ4v) is 3.03. The van der Waals surface area contributed by atoms with E-state index in [2.05, 4.69) is 9.97 Å². The molecule has 0 aliphatic rings. The van der Waals surface area contributed by atoms with Crippen LogP contribution in [-0.2, 0) is 0 Å². The molecule has 0 spiro atoms. The first-order valence-electron chi connectivity index (χ1n) is 5.55. The molecule has 0 saturated heterocycles. The van der Waals surface area contributed by atoms with Crippen LogP contribution in [0.3, 0.4) is 0 Å². The fraction of sp³-hybridized carbons (Fsp3) is 0. The lowest BCUT2D eigenvalue weighted by atomic mass is 10.2. The van der Waals surface area contributed by atoms with Crippen molar-refractivity contribution in [1.82, 2.24) is 9.97 Å². The maximum absolute atomic E-state index is 6.19. The molecule has 2 heterocycles. The van der Waals surface area contributed by atoms with E-state index in [4.69, 9.17) is 23.2 Å². The maximum atomic E-state index is 6.19. The molecule has 0 fully saturated rings. The van der Waals surface area contributed by atoms with Crippen molar-refractivity contribution in [2.45, 2.75) is 0 Å². The van der Waals surface area contributed by atoms with Crippen molar-refractivity contribution in [3.63, 3.8) is 0 Å². The molecule has 0 amide bonds. The Kier molecular flexibility index (Phi) is 3.51. The molecule has 0 aliphatic heterocycles. The predicted octanol–water partition coefficient (Wildman–Crippen LogP) is 5.18. The Morgan fingerprint density at radius 3 is 2.74 bits per heavy atom. The summed E-state index contributed by atoms with van der Waals surface area (Å²) < 4.78 is 0. The third-order valence-corrected chi connectivity index (χ3v) is 4.06. The van der Waals surface area contributed by atoms with E-state index in [9.17, 15) is 0 Å². The minimum Gasteiger partial charge on any atom is -0.264 e. The van der Waals surface area contributed by atoms with E-state index in [0.29, 0.717) is 10.0 Å². The Balaban J connectivity index is 2.02. The minimum atomic E-state index is 0.607. The lowest BCUT2D eigenvalue weighted by molar-refractivity contribution is 1.31. The minimum absolute atomic E-state index is 0.607. The first-order valence-corrected chi connectivity index (χ1v) is 7.19. The van der Waals surface area contributed by atoms with Crippen LogP contribution in [0.5, 0.6) is 0 Å². The number of benzene rings is 1. The molecule has 5 heteroatoms. The summed E-state index contributed by atoms with van der Waals surface area (Å²) in [6, 6.07) is 9.30. The van der Waals surface area contributed by atoms with Gasteiger partial charge in [-0.15, -0.1) is 11.3 Å². The highest BCUT2D eigenvalue weighted by Gasteiger charge is 2.09. The van der Waals surface area contributed by atoms with E-state index in [1.54, 1.807) is 29.8 Å². The van der Waals surface area contributed by atoms with Gasteiger partial charge >= 0.3 is 0 Å². The largest absolute Gasteiger partial charge is 0.264 e. The average Bonchev–Trinajstić information content (AvgIpc) is 2.89. The zero-order chi connectivity index (χ0) is 13.2. The van der Waals surface area contributed by atoms with E-state index in [1.165, 1.54) is 0 Å². The Morgan fingerprint density at radius 2 is 2.00 bits per heavy atom. The van der Waals surface area contributed by atoms with Gasteiger partial charge in [0.25, 0.3) is 0 Å². The molecule has 0 saturated carbocycles. The van der Waals surface area contributed by atoms with Crippen molar-refractivity contribution in [2.75, 3.05) is 0 Å². The van der Waals surface area contributed by atoms with Gasteiger partial charge in [-0.2, -0.15) is 0 Å². The summed E-state index contributed by atoms with van der Waals surface area (Å²) in [5.41, 5.74) is 2.74. The van der Waals surface area contributed by atoms with Crippen LogP contribution in [0.1, 0.15) is 0 Å². The number of nitrogens with zero attached hydrogens (tertiary/aromatic N) is 2. The highest BCUT2D eigenvalue weighted by Crippen LogP contribution is 2.33. The van der Waals surface area contributed by atoms with E-state index < -0.39 is 0 Å². The number of halogens is 2. The van der Waals surface area contributed by atoms with Gasteiger partial charge in [0.1, 0.15) is 5.01 Å². The molecule has 3 aromatic rings. The number of rotatable bonds is 2. The standard InChI is InChI=1S/C14H8Cl2N2S/c15-10-3-4-11(12(16)6-10)13-8-19-14(18-13)9-2-1-5-17-7-9/h1-8H. The number of pyridine rings is 1. The average molecular weight is 307 g/mol. The second kappa shape index (κ2) is 5.29. The van der Waals surface area contributed by atoms with Crippen LogP contribution in [0, 0.1) is 0 Å². The van der Waals surface area contributed by atoms with Crippen molar-refractivity contribution < 1.29 is 0 Å². The smallest absolute Gasteiger partial charge is 0.125 e. The third kappa shape index (κ3) is 2.63. The molecule has 19 heavy (non-hydrogen) atoms.